The van der Waals surface area contributed by atoms with Gasteiger partial charge in [0.1, 0.15) is 15.6 Å². The predicted molar refractivity (Wildman–Crippen MR) is 59.9 cm³/mol. The molecule has 1 aromatic carbocycles. The van der Waals surface area contributed by atoms with Gasteiger partial charge in [0.15, 0.2) is 6.29 Å². The van der Waals surface area contributed by atoms with E-state index in [1.807, 2.05) is 30.3 Å². The van der Waals surface area contributed by atoms with Crippen LogP contribution in [0.5, 0.6) is 0 Å². The number of carboxylic acids is 1. The maximum Gasteiger partial charge on any atom is 0.348 e. The molecule has 0 spiro atoms. The van der Waals surface area contributed by atoms with E-state index in [4.69, 9.17) is 5.11 Å². The van der Waals surface area contributed by atoms with Gasteiger partial charge in [0.2, 0.25) is 0 Å². The number of hydrogen-bond acceptors (Lipinski definition) is 4. The van der Waals surface area contributed by atoms with Gasteiger partial charge in [0.25, 0.3) is 0 Å². The molecule has 0 bridgehead atoms. The molecule has 80 valence electrons. The largest absolute Gasteiger partial charge is 0.477 e. The molecule has 0 saturated carbocycles. The van der Waals surface area contributed by atoms with E-state index in [-0.39, 0.29) is 10.6 Å². The Bertz CT molecular complexity index is 533. The van der Waals surface area contributed by atoms with E-state index >= 15 is 0 Å². The fraction of sp³-hybridized carbons (Fsp3) is 0. The van der Waals surface area contributed by atoms with Crippen LogP contribution in [0.1, 0.15) is 20.2 Å². The molecule has 2 aromatic rings. The second kappa shape index (κ2) is 4.24. The minimum absolute atomic E-state index is 0.0173. The van der Waals surface area contributed by atoms with Gasteiger partial charge in [-0.05, 0) is 0 Å². The molecule has 0 saturated heterocycles. The maximum absolute atomic E-state index is 10.8. The summed E-state index contributed by atoms with van der Waals surface area (Å²) in [6, 6.07) is 9.16. The molecule has 2 rings (SSSR count). The third-order valence-electron chi connectivity index (χ3n) is 1.98. The van der Waals surface area contributed by atoms with Gasteiger partial charge in [0, 0.05) is 5.56 Å². The number of carboxylic acid groups (broad SMARTS) is 1. The third kappa shape index (κ3) is 1.85. The Hall–Kier alpha value is -2.01. The van der Waals surface area contributed by atoms with Crippen molar-refractivity contribution in [2.75, 3.05) is 0 Å². The molecule has 0 radical (unpaired) electrons. The monoisotopic (exact) mass is 233 g/mol. The first-order valence-electron chi connectivity index (χ1n) is 4.47. The van der Waals surface area contributed by atoms with Crippen molar-refractivity contribution in [2.45, 2.75) is 0 Å². The van der Waals surface area contributed by atoms with E-state index in [0.717, 1.165) is 16.9 Å². The molecule has 0 aliphatic heterocycles. The van der Waals surface area contributed by atoms with Crippen LogP contribution in [0.25, 0.3) is 10.6 Å². The summed E-state index contributed by atoms with van der Waals surface area (Å²) in [6.07, 6.45) is 0.465. The molecule has 1 N–H and O–H groups in total. The van der Waals surface area contributed by atoms with Crippen LogP contribution in [0.2, 0.25) is 0 Å². The summed E-state index contributed by atoms with van der Waals surface area (Å²) >= 11 is 1.00. The molecule has 4 nitrogen and oxygen atoms in total. The summed E-state index contributed by atoms with van der Waals surface area (Å²) in [5.74, 6) is -1.12. The highest BCUT2D eigenvalue weighted by Crippen LogP contribution is 2.27. The lowest BCUT2D eigenvalue weighted by Gasteiger charge is -1.92. The summed E-state index contributed by atoms with van der Waals surface area (Å²) in [6.45, 7) is 0. The average Bonchev–Trinajstić information content (AvgIpc) is 2.74. The van der Waals surface area contributed by atoms with Crippen LogP contribution in [0.3, 0.4) is 0 Å². The number of aromatic nitrogens is 1. The zero-order valence-electron chi connectivity index (χ0n) is 8.08. The van der Waals surface area contributed by atoms with E-state index in [1.165, 1.54) is 0 Å². The van der Waals surface area contributed by atoms with E-state index < -0.39 is 5.97 Å². The van der Waals surface area contributed by atoms with E-state index in [9.17, 15) is 9.59 Å². The topological polar surface area (TPSA) is 67.3 Å². The number of carbonyl (C=O) groups is 2. The molecular formula is C11H7NO3S. The number of benzene rings is 1. The highest BCUT2D eigenvalue weighted by Gasteiger charge is 2.17. The summed E-state index contributed by atoms with van der Waals surface area (Å²) in [4.78, 5) is 25.5. The Labute approximate surface area is 95.2 Å². The molecule has 5 heteroatoms. The van der Waals surface area contributed by atoms with Gasteiger partial charge >= 0.3 is 5.97 Å². The number of aldehydes is 1. The highest BCUT2D eigenvalue weighted by molar-refractivity contribution is 7.17. The molecular weight excluding hydrogens is 226 g/mol. The van der Waals surface area contributed by atoms with Crippen molar-refractivity contribution < 1.29 is 14.7 Å². The Kier molecular flexibility index (Phi) is 2.78. The van der Waals surface area contributed by atoms with Gasteiger partial charge in [-0.3, -0.25) is 4.79 Å². The van der Waals surface area contributed by atoms with Gasteiger partial charge < -0.3 is 5.11 Å². The number of carbonyl (C=O) groups excluding carboxylic acids is 1. The fourth-order valence-electron chi connectivity index (χ4n) is 1.27. The van der Waals surface area contributed by atoms with Gasteiger partial charge in [-0.1, -0.05) is 30.3 Å². The van der Waals surface area contributed by atoms with Crippen LogP contribution in [-0.2, 0) is 0 Å². The Morgan fingerprint density at radius 3 is 2.50 bits per heavy atom. The maximum atomic E-state index is 10.8. The van der Waals surface area contributed by atoms with Crippen LogP contribution >= 0.6 is 11.3 Å². The Balaban J connectivity index is 2.52. The molecule has 0 aliphatic carbocycles. The van der Waals surface area contributed by atoms with Crippen LogP contribution < -0.4 is 0 Å². The SMILES string of the molecule is O=Cc1nc(-c2ccccc2)sc1C(=O)O. The third-order valence-corrected chi connectivity index (χ3v) is 3.09. The summed E-state index contributed by atoms with van der Waals surface area (Å²) in [5.41, 5.74) is 0.791. The van der Waals surface area contributed by atoms with Crippen molar-refractivity contribution in [1.82, 2.24) is 4.98 Å². The summed E-state index contributed by atoms with van der Waals surface area (Å²) in [5, 5.41) is 9.41. The first-order valence-corrected chi connectivity index (χ1v) is 5.28. The molecule has 1 heterocycles. The van der Waals surface area contributed by atoms with Crippen LogP contribution in [0, 0.1) is 0 Å². The summed E-state index contributed by atoms with van der Waals surface area (Å²) < 4.78 is 0. The lowest BCUT2D eigenvalue weighted by atomic mass is 10.2. The number of hydrogen-bond donors (Lipinski definition) is 1. The zero-order valence-corrected chi connectivity index (χ0v) is 8.90. The lowest BCUT2D eigenvalue weighted by molar-refractivity contribution is 0.0699. The minimum atomic E-state index is -1.12. The molecule has 1 aromatic heterocycles. The number of thiazole rings is 1. The molecule has 0 fully saturated rings. The fourth-order valence-corrected chi connectivity index (χ4v) is 2.15. The minimum Gasteiger partial charge on any atom is -0.477 e. The lowest BCUT2D eigenvalue weighted by Crippen LogP contribution is -1.97. The smallest absolute Gasteiger partial charge is 0.348 e. The van der Waals surface area contributed by atoms with Gasteiger partial charge in [-0.2, -0.15) is 0 Å². The van der Waals surface area contributed by atoms with Crippen molar-refractivity contribution in [3.05, 3.63) is 40.9 Å². The van der Waals surface area contributed by atoms with Crippen LogP contribution in [-0.4, -0.2) is 22.3 Å². The molecule has 16 heavy (non-hydrogen) atoms. The van der Waals surface area contributed by atoms with Gasteiger partial charge in [-0.25, -0.2) is 9.78 Å². The van der Waals surface area contributed by atoms with Gasteiger partial charge in [-0.15, -0.1) is 11.3 Å². The predicted octanol–water partition coefficient (Wildman–Crippen LogP) is 2.32. The van der Waals surface area contributed by atoms with Crippen molar-refractivity contribution >= 4 is 23.6 Å². The number of aromatic carboxylic acids is 1. The van der Waals surface area contributed by atoms with Crippen molar-refractivity contribution in [2.24, 2.45) is 0 Å². The number of nitrogens with zero attached hydrogens (tertiary/aromatic N) is 1. The zero-order chi connectivity index (χ0) is 11.5. The van der Waals surface area contributed by atoms with E-state index in [2.05, 4.69) is 4.98 Å². The van der Waals surface area contributed by atoms with Crippen molar-refractivity contribution in [3.63, 3.8) is 0 Å². The quantitative estimate of drug-likeness (QED) is 0.826. The molecule has 0 atom stereocenters. The standard InChI is InChI=1S/C11H7NO3S/c13-6-8-9(11(14)15)16-10(12-8)7-4-2-1-3-5-7/h1-6H,(H,14,15). The van der Waals surface area contributed by atoms with Crippen LogP contribution in [0.4, 0.5) is 0 Å². The summed E-state index contributed by atoms with van der Waals surface area (Å²) in [7, 11) is 0. The second-order valence-electron chi connectivity index (χ2n) is 3.02. The molecule has 0 amide bonds. The van der Waals surface area contributed by atoms with E-state index in [1.54, 1.807) is 0 Å². The van der Waals surface area contributed by atoms with Crippen LogP contribution in [0.15, 0.2) is 30.3 Å². The normalized spacial score (nSPS) is 10.0. The number of rotatable bonds is 3. The Morgan fingerprint density at radius 1 is 1.31 bits per heavy atom. The van der Waals surface area contributed by atoms with Gasteiger partial charge in [0.05, 0.1) is 0 Å². The second-order valence-corrected chi connectivity index (χ2v) is 4.02. The molecule has 0 aliphatic rings. The average molecular weight is 233 g/mol. The first-order chi connectivity index (χ1) is 7.72. The molecule has 0 unspecified atom stereocenters. The Morgan fingerprint density at radius 2 is 2.00 bits per heavy atom. The highest BCUT2D eigenvalue weighted by atomic mass is 32.1. The van der Waals surface area contributed by atoms with Crippen molar-refractivity contribution in [1.29, 1.82) is 0 Å². The van der Waals surface area contributed by atoms with E-state index in [0.29, 0.717) is 11.3 Å². The van der Waals surface area contributed by atoms with Crippen molar-refractivity contribution in [3.8, 4) is 10.6 Å². The first kappa shape index (κ1) is 10.5.